The molecule has 21 heavy (non-hydrogen) atoms. The number of hydrogen-bond donors (Lipinski definition) is 2. The summed E-state index contributed by atoms with van der Waals surface area (Å²) in [6.07, 6.45) is 0. The SMILES string of the molecule is Cc1cc(Oc2cccc(C(N)=O)c2N)ccc1C(C)C. The Balaban J connectivity index is 2.33. The summed E-state index contributed by atoms with van der Waals surface area (Å²) in [6.45, 7) is 6.35. The monoisotopic (exact) mass is 284 g/mol. The van der Waals surface area contributed by atoms with Crippen LogP contribution in [0.25, 0.3) is 0 Å². The quantitative estimate of drug-likeness (QED) is 0.842. The predicted molar refractivity (Wildman–Crippen MR) is 84.7 cm³/mol. The average molecular weight is 284 g/mol. The fourth-order valence-electron chi connectivity index (χ4n) is 2.33. The van der Waals surface area contributed by atoms with Gasteiger partial charge in [0.25, 0.3) is 5.91 Å². The van der Waals surface area contributed by atoms with E-state index in [1.807, 2.05) is 25.1 Å². The van der Waals surface area contributed by atoms with Crippen LogP contribution in [0.5, 0.6) is 11.5 Å². The largest absolute Gasteiger partial charge is 0.455 e. The molecule has 0 spiro atoms. The van der Waals surface area contributed by atoms with E-state index in [-0.39, 0.29) is 11.3 Å². The zero-order valence-corrected chi connectivity index (χ0v) is 12.5. The Labute approximate surface area is 124 Å². The van der Waals surface area contributed by atoms with Crippen LogP contribution in [0.3, 0.4) is 0 Å². The van der Waals surface area contributed by atoms with Gasteiger partial charge in [-0.2, -0.15) is 0 Å². The smallest absolute Gasteiger partial charge is 0.250 e. The number of para-hydroxylation sites is 1. The molecule has 1 amide bonds. The normalized spacial score (nSPS) is 10.7. The second-order valence-corrected chi connectivity index (χ2v) is 5.36. The minimum atomic E-state index is -0.565. The Hall–Kier alpha value is -2.49. The van der Waals surface area contributed by atoms with Gasteiger partial charge < -0.3 is 16.2 Å². The number of hydrogen-bond acceptors (Lipinski definition) is 3. The van der Waals surface area contributed by atoms with Crippen LogP contribution in [0.2, 0.25) is 0 Å². The van der Waals surface area contributed by atoms with Crippen LogP contribution in [0.4, 0.5) is 5.69 Å². The van der Waals surface area contributed by atoms with Gasteiger partial charge in [0.2, 0.25) is 0 Å². The fourth-order valence-corrected chi connectivity index (χ4v) is 2.33. The van der Waals surface area contributed by atoms with Crippen molar-refractivity contribution < 1.29 is 9.53 Å². The van der Waals surface area contributed by atoms with Crippen molar-refractivity contribution in [3.63, 3.8) is 0 Å². The van der Waals surface area contributed by atoms with Gasteiger partial charge in [-0.15, -0.1) is 0 Å². The summed E-state index contributed by atoms with van der Waals surface area (Å²) in [5.41, 5.74) is 14.2. The maximum absolute atomic E-state index is 11.3. The number of carbonyl (C=O) groups excluding carboxylic acids is 1. The van der Waals surface area contributed by atoms with E-state index in [0.717, 1.165) is 5.56 Å². The summed E-state index contributed by atoms with van der Waals surface area (Å²) in [5.74, 6) is 1.01. The molecule has 110 valence electrons. The van der Waals surface area contributed by atoms with Gasteiger partial charge in [-0.05, 0) is 48.2 Å². The molecule has 0 fully saturated rings. The zero-order valence-electron chi connectivity index (χ0n) is 12.5. The second kappa shape index (κ2) is 5.87. The standard InChI is InChI=1S/C17H20N2O2/c1-10(2)13-8-7-12(9-11(13)3)21-15-6-4-5-14(16(15)18)17(19)20/h4-10H,18H2,1-3H3,(H2,19,20). The molecule has 2 rings (SSSR count). The number of primary amides is 1. The number of nitrogens with two attached hydrogens (primary N) is 2. The van der Waals surface area contributed by atoms with Crippen molar-refractivity contribution >= 4 is 11.6 Å². The first kappa shape index (κ1) is 14.9. The topological polar surface area (TPSA) is 78.3 Å². The molecule has 4 nitrogen and oxygen atoms in total. The molecule has 2 aromatic carbocycles. The molecule has 0 atom stereocenters. The fraction of sp³-hybridized carbons (Fsp3) is 0.235. The Morgan fingerprint density at radius 3 is 2.48 bits per heavy atom. The molecule has 0 heterocycles. The van der Waals surface area contributed by atoms with E-state index in [0.29, 0.717) is 17.4 Å². The molecule has 0 aliphatic carbocycles. The molecule has 0 aliphatic heterocycles. The minimum absolute atomic E-state index is 0.260. The Bertz CT molecular complexity index is 678. The zero-order chi connectivity index (χ0) is 15.6. The first-order valence-corrected chi connectivity index (χ1v) is 6.87. The van der Waals surface area contributed by atoms with Gasteiger partial charge in [0.1, 0.15) is 5.75 Å². The van der Waals surface area contributed by atoms with E-state index in [4.69, 9.17) is 16.2 Å². The van der Waals surface area contributed by atoms with Crippen molar-refractivity contribution in [2.75, 3.05) is 5.73 Å². The molecule has 0 saturated carbocycles. The van der Waals surface area contributed by atoms with Crippen LogP contribution in [-0.2, 0) is 0 Å². The van der Waals surface area contributed by atoms with E-state index in [1.54, 1.807) is 18.2 Å². The lowest BCUT2D eigenvalue weighted by molar-refractivity contribution is 0.100. The molecule has 4 N–H and O–H groups in total. The first-order chi connectivity index (χ1) is 9.90. The van der Waals surface area contributed by atoms with Crippen LogP contribution < -0.4 is 16.2 Å². The molecular weight excluding hydrogens is 264 g/mol. The van der Waals surface area contributed by atoms with Crippen LogP contribution in [0.15, 0.2) is 36.4 Å². The Morgan fingerprint density at radius 2 is 1.90 bits per heavy atom. The van der Waals surface area contributed by atoms with Crippen LogP contribution in [0, 0.1) is 6.92 Å². The van der Waals surface area contributed by atoms with Crippen molar-refractivity contribution in [1.29, 1.82) is 0 Å². The highest BCUT2D eigenvalue weighted by atomic mass is 16.5. The number of benzene rings is 2. The van der Waals surface area contributed by atoms with Crippen molar-refractivity contribution in [3.8, 4) is 11.5 Å². The maximum Gasteiger partial charge on any atom is 0.250 e. The molecule has 0 radical (unpaired) electrons. The minimum Gasteiger partial charge on any atom is -0.455 e. The van der Waals surface area contributed by atoms with Gasteiger partial charge in [0.15, 0.2) is 5.75 Å². The number of aryl methyl sites for hydroxylation is 1. The summed E-state index contributed by atoms with van der Waals surface area (Å²) in [4.78, 5) is 11.3. The van der Waals surface area contributed by atoms with Crippen LogP contribution in [0.1, 0.15) is 41.3 Å². The number of rotatable bonds is 4. The van der Waals surface area contributed by atoms with Crippen molar-refractivity contribution in [3.05, 3.63) is 53.1 Å². The first-order valence-electron chi connectivity index (χ1n) is 6.87. The van der Waals surface area contributed by atoms with Crippen LogP contribution in [-0.4, -0.2) is 5.91 Å². The predicted octanol–water partition coefficient (Wildman–Crippen LogP) is 3.59. The molecular formula is C17H20N2O2. The van der Waals surface area contributed by atoms with Gasteiger partial charge >= 0.3 is 0 Å². The highest BCUT2D eigenvalue weighted by molar-refractivity contribution is 5.99. The van der Waals surface area contributed by atoms with E-state index < -0.39 is 5.91 Å². The highest BCUT2D eigenvalue weighted by Gasteiger charge is 2.12. The highest BCUT2D eigenvalue weighted by Crippen LogP contribution is 2.31. The number of nitrogen functional groups attached to an aromatic ring is 1. The van der Waals surface area contributed by atoms with Crippen molar-refractivity contribution in [2.45, 2.75) is 26.7 Å². The summed E-state index contributed by atoms with van der Waals surface area (Å²) >= 11 is 0. The Morgan fingerprint density at radius 1 is 1.19 bits per heavy atom. The lowest BCUT2D eigenvalue weighted by Crippen LogP contribution is -2.13. The molecule has 0 aromatic heterocycles. The van der Waals surface area contributed by atoms with Crippen molar-refractivity contribution in [2.24, 2.45) is 5.73 Å². The van der Waals surface area contributed by atoms with E-state index in [1.165, 1.54) is 5.56 Å². The summed E-state index contributed by atoms with van der Waals surface area (Å²) in [5, 5.41) is 0. The number of amides is 1. The van der Waals surface area contributed by atoms with Gasteiger partial charge in [-0.3, -0.25) is 4.79 Å². The van der Waals surface area contributed by atoms with Gasteiger partial charge in [-0.25, -0.2) is 0 Å². The summed E-state index contributed by atoms with van der Waals surface area (Å²) in [6, 6.07) is 10.9. The number of carbonyl (C=O) groups is 1. The van der Waals surface area contributed by atoms with Gasteiger partial charge in [0.05, 0.1) is 11.3 Å². The second-order valence-electron chi connectivity index (χ2n) is 5.36. The summed E-state index contributed by atoms with van der Waals surface area (Å²) in [7, 11) is 0. The third-order valence-corrected chi connectivity index (χ3v) is 3.42. The lowest BCUT2D eigenvalue weighted by Gasteiger charge is -2.14. The average Bonchev–Trinajstić information content (AvgIpc) is 2.40. The third kappa shape index (κ3) is 3.16. The molecule has 0 aliphatic rings. The number of anilines is 1. The number of ether oxygens (including phenoxy) is 1. The third-order valence-electron chi connectivity index (χ3n) is 3.42. The molecule has 4 heteroatoms. The van der Waals surface area contributed by atoms with Crippen molar-refractivity contribution in [1.82, 2.24) is 0 Å². The van der Waals surface area contributed by atoms with Crippen LogP contribution >= 0.6 is 0 Å². The Kier molecular flexibility index (Phi) is 4.17. The van der Waals surface area contributed by atoms with Gasteiger partial charge in [0, 0.05) is 0 Å². The van der Waals surface area contributed by atoms with E-state index >= 15 is 0 Å². The summed E-state index contributed by atoms with van der Waals surface area (Å²) < 4.78 is 5.78. The van der Waals surface area contributed by atoms with Gasteiger partial charge in [-0.1, -0.05) is 26.0 Å². The van der Waals surface area contributed by atoms with E-state index in [9.17, 15) is 4.79 Å². The lowest BCUT2D eigenvalue weighted by atomic mass is 9.98. The molecule has 0 saturated heterocycles. The van der Waals surface area contributed by atoms with E-state index in [2.05, 4.69) is 13.8 Å². The molecule has 0 unspecified atom stereocenters. The molecule has 0 bridgehead atoms. The molecule has 2 aromatic rings. The maximum atomic E-state index is 11.3.